The van der Waals surface area contributed by atoms with E-state index in [0.29, 0.717) is 37.7 Å². The minimum absolute atomic E-state index is 0.0387. The molecule has 0 bridgehead atoms. The monoisotopic (exact) mass is 372 g/mol. The first-order valence-electron chi connectivity index (χ1n) is 8.88. The number of benzene rings is 2. The van der Waals surface area contributed by atoms with Crippen LogP contribution in [0.2, 0.25) is 0 Å². The Labute approximate surface area is 161 Å². The van der Waals surface area contributed by atoms with Gasteiger partial charge in [0.2, 0.25) is 5.91 Å². The first kappa shape index (κ1) is 20.6. The van der Waals surface area contributed by atoms with Gasteiger partial charge in [-0.1, -0.05) is 24.3 Å². The van der Waals surface area contributed by atoms with Crippen LogP contribution in [0.25, 0.3) is 0 Å². The lowest BCUT2D eigenvalue weighted by Crippen LogP contribution is -2.36. The molecule has 1 amide bonds. The summed E-state index contributed by atoms with van der Waals surface area (Å²) in [5.74, 6) is 2.16. The summed E-state index contributed by atoms with van der Waals surface area (Å²) in [6, 6.07) is 13.5. The zero-order chi connectivity index (χ0) is 19.6. The van der Waals surface area contributed by atoms with Gasteiger partial charge >= 0.3 is 0 Å². The number of methoxy groups -OCH3 is 2. The average Bonchev–Trinajstić information content (AvgIpc) is 2.67. The van der Waals surface area contributed by atoms with Crippen LogP contribution in [-0.2, 0) is 11.3 Å². The van der Waals surface area contributed by atoms with Gasteiger partial charge in [-0.2, -0.15) is 0 Å². The molecule has 6 nitrogen and oxygen atoms in total. The molecule has 0 saturated carbocycles. The molecule has 0 spiro atoms. The lowest BCUT2D eigenvalue weighted by atomic mass is 10.2. The Morgan fingerprint density at radius 2 is 1.78 bits per heavy atom. The van der Waals surface area contributed by atoms with E-state index in [-0.39, 0.29) is 5.91 Å². The molecule has 2 aromatic rings. The van der Waals surface area contributed by atoms with Crippen molar-refractivity contribution in [2.24, 2.45) is 0 Å². The highest BCUT2D eigenvalue weighted by atomic mass is 16.5. The fourth-order valence-electron chi connectivity index (χ4n) is 2.60. The van der Waals surface area contributed by atoms with Gasteiger partial charge in [0, 0.05) is 13.1 Å². The summed E-state index contributed by atoms with van der Waals surface area (Å²) < 4.78 is 16.3. The van der Waals surface area contributed by atoms with Crippen molar-refractivity contribution >= 4 is 5.91 Å². The molecule has 146 valence electrons. The average molecular weight is 372 g/mol. The summed E-state index contributed by atoms with van der Waals surface area (Å²) >= 11 is 0. The number of ether oxygens (including phenoxy) is 3. The van der Waals surface area contributed by atoms with Crippen LogP contribution in [0.5, 0.6) is 17.2 Å². The van der Waals surface area contributed by atoms with E-state index in [4.69, 9.17) is 14.2 Å². The molecular formula is C21H28N2O4. The third kappa shape index (κ3) is 6.49. The molecule has 0 aliphatic carbocycles. The highest BCUT2D eigenvalue weighted by Gasteiger charge is 2.09. The first-order chi connectivity index (χ1) is 13.0. The van der Waals surface area contributed by atoms with Gasteiger partial charge in [-0.15, -0.1) is 0 Å². The quantitative estimate of drug-likeness (QED) is 0.695. The Morgan fingerprint density at radius 3 is 2.48 bits per heavy atom. The van der Waals surface area contributed by atoms with E-state index in [1.165, 1.54) is 0 Å². The molecule has 0 radical (unpaired) electrons. The van der Waals surface area contributed by atoms with E-state index in [9.17, 15) is 4.79 Å². The molecule has 2 aromatic carbocycles. The molecule has 0 unspecified atom stereocenters. The maximum atomic E-state index is 12.1. The van der Waals surface area contributed by atoms with Crippen LogP contribution < -0.4 is 19.5 Å². The number of hydrogen-bond acceptors (Lipinski definition) is 5. The van der Waals surface area contributed by atoms with Gasteiger partial charge in [0.15, 0.2) is 11.5 Å². The van der Waals surface area contributed by atoms with Gasteiger partial charge in [-0.3, -0.25) is 9.69 Å². The number of rotatable bonds is 10. The lowest BCUT2D eigenvalue weighted by molar-refractivity contribution is -0.122. The standard InChI is InChI=1S/C21H28N2O4/c1-16-7-5-6-8-18(16)27-12-11-23(2)15-21(24)22-14-17-9-10-19(25-3)20(13-17)26-4/h5-10,13H,11-12,14-15H2,1-4H3,(H,22,24). The summed E-state index contributed by atoms with van der Waals surface area (Å²) in [6.07, 6.45) is 0. The molecule has 1 N–H and O–H groups in total. The smallest absolute Gasteiger partial charge is 0.234 e. The first-order valence-corrected chi connectivity index (χ1v) is 8.88. The van der Waals surface area contributed by atoms with Crippen molar-refractivity contribution < 1.29 is 19.0 Å². The van der Waals surface area contributed by atoms with E-state index >= 15 is 0 Å². The Hall–Kier alpha value is -2.73. The molecule has 0 aliphatic rings. The van der Waals surface area contributed by atoms with Crippen LogP contribution in [0.1, 0.15) is 11.1 Å². The third-order valence-electron chi connectivity index (χ3n) is 4.18. The Kier molecular flexibility index (Phi) is 7.95. The Morgan fingerprint density at radius 1 is 1.04 bits per heavy atom. The number of amides is 1. The zero-order valence-electron chi connectivity index (χ0n) is 16.5. The van der Waals surface area contributed by atoms with Crippen molar-refractivity contribution in [2.45, 2.75) is 13.5 Å². The predicted octanol–water partition coefficient (Wildman–Crippen LogP) is 2.64. The largest absolute Gasteiger partial charge is 0.493 e. The van der Waals surface area contributed by atoms with Crippen LogP contribution >= 0.6 is 0 Å². The summed E-state index contributed by atoms with van der Waals surface area (Å²) in [6.45, 7) is 3.96. The fraction of sp³-hybridized carbons (Fsp3) is 0.381. The number of aryl methyl sites for hydroxylation is 1. The molecule has 0 heterocycles. The second-order valence-electron chi connectivity index (χ2n) is 6.32. The number of carbonyl (C=O) groups is 1. The minimum atomic E-state index is -0.0387. The number of nitrogens with zero attached hydrogens (tertiary/aromatic N) is 1. The summed E-state index contributed by atoms with van der Waals surface area (Å²) in [5.41, 5.74) is 2.05. The van der Waals surface area contributed by atoms with Crippen LogP contribution in [-0.4, -0.2) is 51.8 Å². The maximum Gasteiger partial charge on any atom is 0.234 e. The number of likely N-dealkylation sites (N-methyl/N-ethyl adjacent to an activating group) is 1. The summed E-state index contributed by atoms with van der Waals surface area (Å²) in [4.78, 5) is 14.1. The maximum absolute atomic E-state index is 12.1. The van der Waals surface area contributed by atoms with Crippen LogP contribution in [0, 0.1) is 6.92 Å². The molecule has 0 atom stereocenters. The van der Waals surface area contributed by atoms with Crippen molar-refractivity contribution in [3.05, 3.63) is 53.6 Å². The molecule has 27 heavy (non-hydrogen) atoms. The van der Waals surface area contributed by atoms with E-state index in [0.717, 1.165) is 16.9 Å². The molecule has 0 fully saturated rings. The third-order valence-corrected chi connectivity index (χ3v) is 4.18. The van der Waals surface area contributed by atoms with Gasteiger partial charge in [0.1, 0.15) is 12.4 Å². The highest BCUT2D eigenvalue weighted by molar-refractivity contribution is 5.78. The van der Waals surface area contributed by atoms with Gasteiger partial charge in [0.25, 0.3) is 0 Å². The fourth-order valence-corrected chi connectivity index (χ4v) is 2.60. The van der Waals surface area contributed by atoms with E-state index < -0.39 is 0 Å². The number of para-hydroxylation sites is 1. The lowest BCUT2D eigenvalue weighted by Gasteiger charge is -2.17. The van der Waals surface area contributed by atoms with Crippen LogP contribution in [0.4, 0.5) is 0 Å². The molecule has 0 aromatic heterocycles. The van der Waals surface area contributed by atoms with Gasteiger partial charge in [-0.05, 0) is 43.3 Å². The van der Waals surface area contributed by atoms with Gasteiger partial charge in [-0.25, -0.2) is 0 Å². The topological polar surface area (TPSA) is 60.0 Å². The van der Waals surface area contributed by atoms with E-state index in [1.807, 2.05) is 61.3 Å². The predicted molar refractivity (Wildman–Crippen MR) is 106 cm³/mol. The van der Waals surface area contributed by atoms with E-state index in [1.54, 1.807) is 14.2 Å². The minimum Gasteiger partial charge on any atom is -0.493 e. The van der Waals surface area contributed by atoms with Crippen molar-refractivity contribution in [3.63, 3.8) is 0 Å². The van der Waals surface area contributed by atoms with Crippen molar-refractivity contribution in [2.75, 3.05) is 41.0 Å². The molecule has 6 heteroatoms. The zero-order valence-corrected chi connectivity index (χ0v) is 16.5. The van der Waals surface area contributed by atoms with Crippen molar-refractivity contribution in [3.8, 4) is 17.2 Å². The number of carbonyl (C=O) groups excluding carboxylic acids is 1. The molecular weight excluding hydrogens is 344 g/mol. The molecule has 2 rings (SSSR count). The van der Waals surface area contributed by atoms with Gasteiger partial charge < -0.3 is 19.5 Å². The second-order valence-corrected chi connectivity index (χ2v) is 6.32. The highest BCUT2D eigenvalue weighted by Crippen LogP contribution is 2.27. The van der Waals surface area contributed by atoms with E-state index in [2.05, 4.69) is 5.32 Å². The summed E-state index contributed by atoms with van der Waals surface area (Å²) in [5, 5.41) is 2.92. The molecule has 0 saturated heterocycles. The van der Waals surface area contributed by atoms with Crippen LogP contribution in [0.3, 0.4) is 0 Å². The number of hydrogen-bond donors (Lipinski definition) is 1. The molecule has 0 aliphatic heterocycles. The van der Waals surface area contributed by atoms with Gasteiger partial charge in [0.05, 0.1) is 20.8 Å². The normalized spacial score (nSPS) is 10.6. The Balaban J connectivity index is 1.72. The van der Waals surface area contributed by atoms with Crippen molar-refractivity contribution in [1.82, 2.24) is 10.2 Å². The second kappa shape index (κ2) is 10.4. The SMILES string of the molecule is COc1ccc(CNC(=O)CN(C)CCOc2ccccc2C)cc1OC. The van der Waals surface area contributed by atoms with Crippen molar-refractivity contribution in [1.29, 1.82) is 0 Å². The summed E-state index contributed by atoms with van der Waals surface area (Å²) in [7, 11) is 5.09. The van der Waals surface area contributed by atoms with Crippen LogP contribution in [0.15, 0.2) is 42.5 Å². The number of nitrogens with one attached hydrogen (secondary N) is 1. The Bertz CT molecular complexity index is 749.